The molecule has 2 heterocycles. The van der Waals surface area contributed by atoms with E-state index in [0.717, 1.165) is 50.1 Å². The fraction of sp³-hybridized carbons (Fsp3) is 0.565. The van der Waals surface area contributed by atoms with Crippen LogP contribution in [0.2, 0.25) is 0 Å². The molecule has 6 nitrogen and oxygen atoms in total. The van der Waals surface area contributed by atoms with Gasteiger partial charge < -0.3 is 19.2 Å². The van der Waals surface area contributed by atoms with Gasteiger partial charge >= 0.3 is 0 Å². The highest BCUT2D eigenvalue weighted by Crippen LogP contribution is 2.27. The Kier molecular flexibility index (Phi) is 7.18. The molecule has 0 aliphatic heterocycles. The van der Waals surface area contributed by atoms with Crippen LogP contribution in [0, 0.1) is 5.92 Å². The number of amides is 2. The van der Waals surface area contributed by atoms with Crippen molar-refractivity contribution in [2.45, 2.75) is 72.0 Å². The zero-order valence-electron chi connectivity index (χ0n) is 17.8. The molecule has 0 spiro atoms. The molecule has 0 atom stereocenters. The maximum absolute atomic E-state index is 13.0. The Morgan fingerprint density at radius 3 is 2.69 bits per heavy atom. The minimum Gasteiger partial charge on any atom is -0.454 e. The van der Waals surface area contributed by atoms with Crippen molar-refractivity contribution in [1.82, 2.24) is 14.8 Å². The first kappa shape index (κ1) is 21.2. The Morgan fingerprint density at radius 1 is 1.24 bits per heavy atom. The van der Waals surface area contributed by atoms with Gasteiger partial charge in [-0.2, -0.15) is 0 Å². The zero-order chi connectivity index (χ0) is 20.8. The molecule has 1 aliphatic rings. The lowest BCUT2D eigenvalue weighted by atomic mass is 10.1. The SMILES string of the molecule is CCCN(Cc1cccn1Cc1ccc(C(=O)NC(C)C)o1)C(=O)C1CCCC1. The molecule has 3 rings (SSSR count). The summed E-state index contributed by atoms with van der Waals surface area (Å²) < 4.78 is 7.83. The van der Waals surface area contributed by atoms with Crippen molar-refractivity contribution >= 4 is 11.8 Å². The van der Waals surface area contributed by atoms with E-state index in [0.29, 0.717) is 24.8 Å². The van der Waals surface area contributed by atoms with Crippen molar-refractivity contribution in [2.75, 3.05) is 6.54 Å². The first-order chi connectivity index (χ1) is 14.0. The largest absolute Gasteiger partial charge is 0.454 e. The van der Waals surface area contributed by atoms with Crippen molar-refractivity contribution in [3.63, 3.8) is 0 Å². The second-order valence-corrected chi connectivity index (χ2v) is 8.26. The molecule has 1 aliphatic carbocycles. The van der Waals surface area contributed by atoms with E-state index in [1.807, 2.05) is 37.1 Å². The van der Waals surface area contributed by atoms with Gasteiger partial charge in [0.2, 0.25) is 5.91 Å². The van der Waals surface area contributed by atoms with Gasteiger partial charge in [0, 0.05) is 30.4 Å². The summed E-state index contributed by atoms with van der Waals surface area (Å²) in [4.78, 5) is 27.1. The fourth-order valence-corrected chi connectivity index (χ4v) is 4.00. The van der Waals surface area contributed by atoms with Crippen molar-refractivity contribution in [3.05, 3.63) is 47.7 Å². The van der Waals surface area contributed by atoms with E-state index in [1.54, 1.807) is 6.07 Å². The highest BCUT2D eigenvalue weighted by molar-refractivity contribution is 5.91. The van der Waals surface area contributed by atoms with Crippen LogP contribution in [0.1, 0.15) is 74.9 Å². The lowest BCUT2D eigenvalue weighted by molar-refractivity contribution is -0.136. The summed E-state index contributed by atoms with van der Waals surface area (Å²) in [5.41, 5.74) is 1.08. The second kappa shape index (κ2) is 9.81. The first-order valence-electron chi connectivity index (χ1n) is 10.8. The van der Waals surface area contributed by atoms with E-state index in [1.165, 1.54) is 0 Å². The summed E-state index contributed by atoms with van der Waals surface area (Å²) in [5.74, 6) is 1.34. The summed E-state index contributed by atoms with van der Waals surface area (Å²) in [6, 6.07) is 7.67. The van der Waals surface area contributed by atoms with Gasteiger partial charge in [0.1, 0.15) is 5.76 Å². The third kappa shape index (κ3) is 5.52. The van der Waals surface area contributed by atoms with Crippen LogP contribution in [0.3, 0.4) is 0 Å². The Labute approximate surface area is 173 Å². The van der Waals surface area contributed by atoms with Crippen LogP contribution in [0.5, 0.6) is 0 Å². The van der Waals surface area contributed by atoms with Gasteiger partial charge in [0.15, 0.2) is 5.76 Å². The summed E-state index contributed by atoms with van der Waals surface area (Å²) in [7, 11) is 0. The molecule has 0 saturated heterocycles. The third-order valence-electron chi connectivity index (χ3n) is 5.42. The van der Waals surface area contributed by atoms with Crippen molar-refractivity contribution < 1.29 is 14.0 Å². The van der Waals surface area contributed by atoms with Crippen molar-refractivity contribution in [3.8, 4) is 0 Å². The predicted octanol–water partition coefficient (Wildman–Crippen LogP) is 4.20. The van der Waals surface area contributed by atoms with Gasteiger partial charge in [-0.3, -0.25) is 9.59 Å². The van der Waals surface area contributed by atoms with Crippen molar-refractivity contribution in [2.24, 2.45) is 5.92 Å². The summed E-state index contributed by atoms with van der Waals surface area (Å²) in [5, 5.41) is 2.84. The number of carbonyl (C=O) groups is 2. The standard InChI is InChI=1S/C23H33N3O3/c1-4-13-26(23(28)18-8-5-6-9-18)15-19-10-7-14-25(19)16-20-11-12-21(29-20)22(27)24-17(2)3/h7,10-12,14,17-18H,4-6,8-9,13,15-16H2,1-3H3,(H,24,27). The summed E-state index contributed by atoms with van der Waals surface area (Å²) in [6.07, 6.45) is 7.32. The van der Waals surface area contributed by atoms with Gasteiger partial charge in [-0.15, -0.1) is 0 Å². The topological polar surface area (TPSA) is 67.5 Å². The summed E-state index contributed by atoms with van der Waals surface area (Å²) in [6.45, 7) is 7.87. The molecule has 1 saturated carbocycles. The van der Waals surface area contributed by atoms with Gasteiger partial charge in [0.25, 0.3) is 5.91 Å². The maximum Gasteiger partial charge on any atom is 0.287 e. The van der Waals surface area contributed by atoms with Crippen LogP contribution in [0.15, 0.2) is 34.9 Å². The van der Waals surface area contributed by atoms with Crippen molar-refractivity contribution in [1.29, 1.82) is 0 Å². The molecule has 158 valence electrons. The number of carbonyl (C=O) groups excluding carboxylic acids is 2. The monoisotopic (exact) mass is 399 g/mol. The number of aromatic nitrogens is 1. The number of nitrogens with zero attached hydrogens (tertiary/aromatic N) is 2. The average Bonchev–Trinajstić information content (AvgIpc) is 3.43. The Balaban J connectivity index is 1.67. The van der Waals surface area contributed by atoms with E-state index in [9.17, 15) is 9.59 Å². The highest BCUT2D eigenvalue weighted by Gasteiger charge is 2.27. The van der Waals surface area contributed by atoms with Crippen LogP contribution in [-0.2, 0) is 17.9 Å². The number of rotatable bonds is 9. The zero-order valence-corrected chi connectivity index (χ0v) is 17.8. The molecule has 0 bridgehead atoms. The number of hydrogen-bond donors (Lipinski definition) is 1. The lowest BCUT2D eigenvalue weighted by Gasteiger charge is -2.26. The average molecular weight is 400 g/mol. The molecule has 29 heavy (non-hydrogen) atoms. The first-order valence-corrected chi connectivity index (χ1v) is 10.8. The Morgan fingerprint density at radius 2 is 2.00 bits per heavy atom. The van der Waals surface area contributed by atoms with Crippen LogP contribution >= 0.6 is 0 Å². The number of hydrogen-bond acceptors (Lipinski definition) is 3. The summed E-state index contributed by atoms with van der Waals surface area (Å²) >= 11 is 0. The second-order valence-electron chi connectivity index (χ2n) is 8.26. The van der Waals surface area contributed by atoms with Crippen LogP contribution in [0.4, 0.5) is 0 Å². The smallest absolute Gasteiger partial charge is 0.287 e. The maximum atomic E-state index is 13.0. The molecule has 2 aromatic rings. The predicted molar refractivity (Wildman–Crippen MR) is 113 cm³/mol. The molecule has 2 aromatic heterocycles. The molecule has 0 aromatic carbocycles. The normalized spacial score (nSPS) is 14.5. The molecule has 6 heteroatoms. The Hall–Kier alpha value is -2.50. The number of nitrogens with one attached hydrogen (secondary N) is 1. The van der Waals surface area contributed by atoms with Gasteiger partial charge in [-0.25, -0.2) is 0 Å². The highest BCUT2D eigenvalue weighted by atomic mass is 16.4. The van der Waals surface area contributed by atoms with Crippen LogP contribution < -0.4 is 5.32 Å². The lowest BCUT2D eigenvalue weighted by Crippen LogP contribution is -2.36. The molecule has 2 amide bonds. The molecule has 0 unspecified atom stereocenters. The number of furan rings is 1. The van der Waals surface area contributed by atoms with E-state index in [4.69, 9.17) is 4.42 Å². The minimum atomic E-state index is -0.199. The van der Waals surface area contributed by atoms with Gasteiger partial charge in [-0.1, -0.05) is 19.8 Å². The van der Waals surface area contributed by atoms with Crippen LogP contribution in [-0.4, -0.2) is 33.9 Å². The molecular formula is C23H33N3O3. The quantitative estimate of drug-likeness (QED) is 0.687. The van der Waals surface area contributed by atoms with E-state index in [-0.39, 0.29) is 17.9 Å². The van der Waals surface area contributed by atoms with Gasteiger partial charge in [-0.05, 0) is 57.4 Å². The molecule has 1 N–H and O–H groups in total. The van der Waals surface area contributed by atoms with Gasteiger partial charge in [0.05, 0.1) is 13.1 Å². The van der Waals surface area contributed by atoms with E-state index >= 15 is 0 Å². The van der Waals surface area contributed by atoms with E-state index in [2.05, 4.69) is 22.9 Å². The third-order valence-corrected chi connectivity index (χ3v) is 5.42. The Bertz CT molecular complexity index is 815. The molecular weight excluding hydrogens is 366 g/mol. The van der Waals surface area contributed by atoms with Crippen LogP contribution in [0.25, 0.3) is 0 Å². The molecule has 0 radical (unpaired) electrons. The van der Waals surface area contributed by atoms with E-state index < -0.39 is 0 Å². The molecule has 1 fully saturated rings. The fourth-order valence-electron chi connectivity index (χ4n) is 4.00. The minimum absolute atomic E-state index is 0.0639.